The average molecular weight is 346 g/mol. The lowest BCUT2D eigenvalue weighted by Gasteiger charge is -2.27. The van der Waals surface area contributed by atoms with E-state index in [0.29, 0.717) is 19.4 Å². The number of benzene rings is 1. The molecule has 7 nitrogen and oxygen atoms in total. The molecule has 2 rings (SSSR count). The first-order chi connectivity index (χ1) is 11.9. The molecule has 0 aliphatic carbocycles. The van der Waals surface area contributed by atoms with E-state index in [9.17, 15) is 14.4 Å². The van der Waals surface area contributed by atoms with Crippen LogP contribution in [0.3, 0.4) is 0 Å². The largest absolute Gasteiger partial charge is 0.368 e. The predicted octanol–water partition coefficient (Wildman–Crippen LogP) is -0.167. The van der Waals surface area contributed by atoms with Crippen LogP contribution in [0.2, 0.25) is 0 Å². The molecule has 3 amide bonds. The Bertz CT molecular complexity index is 645. The molecule has 1 heterocycles. The van der Waals surface area contributed by atoms with E-state index >= 15 is 0 Å². The third-order valence-corrected chi connectivity index (χ3v) is 4.17. The van der Waals surface area contributed by atoms with Crippen LogP contribution in [0.4, 0.5) is 0 Å². The second-order valence-corrected chi connectivity index (χ2v) is 6.78. The highest BCUT2D eigenvalue weighted by Crippen LogP contribution is 2.16. The number of rotatable bonds is 7. The number of nitrogens with one attached hydrogen (secondary N) is 3. The van der Waals surface area contributed by atoms with Gasteiger partial charge in [0.2, 0.25) is 17.7 Å². The highest BCUT2D eigenvalue weighted by atomic mass is 16.2. The summed E-state index contributed by atoms with van der Waals surface area (Å²) in [5.74, 6) is -1.01. The van der Waals surface area contributed by atoms with Gasteiger partial charge in [0.25, 0.3) is 0 Å². The fourth-order valence-electron chi connectivity index (χ4n) is 2.91. The van der Waals surface area contributed by atoms with Crippen LogP contribution in [0, 0.1) is 5.92 Å². The van der Waals surface area contributed by atoms with Crippen LogP contribution < -0.4 is 21.7 Å². The first kappa shape index (κ1) is 18.9. The second-order valence-electron chi connectivity index (χ2n) is 6.78. The van der Waals surface area contributed by atoms with Crippen molar-refractivity contribution in [2.75, 3.05) is 6.54 Å². The van der Waals surface area contributed by atoms with E-state index in [4.69, 9.17) is 5.73 Å². The highest BCUT2D eigenvalue weighted by molar-refractivity contribution is 5.91. The lowest BCUT2D eigenvalue weighted by Crippen LogP contribution is -2.55. The first-order valence-corrected chi connectivity index (χ1v) is 8.53. The van der Waals surface area contributed by atoms with E-state index in [2.05, 4.69) is 16.0 Å². The number of hydrogen-bond donors (Lipinski definition) is 4. The fourth-order valence-corrected chi connectivity index (χ4v) is 2.91. The van der Waals surface area contributed by atoms with Crippen LogP contribution in [0.5, 0.6) is 0 Å². The molecule has 25 heavy (non-hydrogen) atoms. The molecule has 0 saturated heterocycles. The van der Waals surface area contributed by atoms with Crippen LogP contribution in [0.15, 0.2) is 24.3 Å². The van der Waals surface area contributed by atoms with Crippen LogP contribution in [-0.2, 0) is 27.3 Å². The van der Waals surface area contributed by atoms with Gasteiger partial charge in [-0.15, -0.1) is 0 Å². The Morgan fingerprint density at radius 2 is 1.92 bits per heavy atom. The lowest BCUT2D eigenvalue weighted by atomic mass is 9.95. The maximum atomic E-state index is 12.6. The first-order valence-electron chi connectivity index (χ1n) is 8.53. The van der Waals surface area contributed by atoms with Crippen molar-refractivity contribution in [3.8, 4) is 0 Å². The Morgan fingerprint density at radius 1 is 1.24 bits per heavy atom. The topological polar surface area (TPSA) is 113 Å². The van der Waals surface area contributed by atoms with Gasteiger partial charge in [-0.3, -0.25) is 14.4 Å². The highest BCUT2D eigenvalue weighted by Gasteiger charge is 2.28. The van der Waals surface area contributed by atoms with Gasteiger partial charge < -0.3 is 21.7 Å². The van der Waals surface area contributed by atoms with Crippen molar-refractivity contribution < 1.29 is 14.4 Å². The molecule has 5 N–H and O–H groups in total. The van der Waals surface area contributed by atoms with Gasteiger partial charge in [-0.1, -0.05) is 38.1 Å². The van der Waals surface area contributed by atoms with Crippen molar-refractivity contribution >= 4 is 17.7 Å². The Hall–Kier alpha value is -2.41. The molecule has 0 fully saturated rings. The molecule has 1 aromatic rings. The summed E-state index contributed by atoms with van der Waals surface area (Å²) in [7, 11) is 0. The van der Waals surface area contributed by atoms with E-state index in [1.165, 1.54) is 5.56 Å². The summed E-state index contributed by atoms with van der Waals surface area (Å²) in [6.45, 7) is 4.32. The molecular weight excluding hydrogens is 320 g/mol. The van der Waals surface area contributed by atoms with Crippen molar-refractivity contribution in [3.63, 3.8) is 0 Å². The summed E-state index contributed by atoms with van der Waals surface area (Å²) >= 11 is 0. The molecule has 0 bridgehead atoms. The van der Waals surface area contributed by atoms with E-state index < -0.39 is 17.9 Å². The van der Waals surface area contributed by atoms with Crippen molar-refractivity contribution in [1.82, 2.24) is 16.0 Å². The van der Waals surface area contributed by atoms with Crippen LogP contribution in [0.25, 0.3) is 0 Å². The van der Waals surface area contributed by atoms with Gasteiger partial charge in [-0.25, -0.2) is 0 Å². The normalized spacial score (nSPS) is 17.5. The van der Waals surface area contributed by atoms with Crippen molar-refractivity contribution in [2.45, 2.75) is 45.3 Å². The van der Waals surface area contributed by atoms with Crippen LogP contribution in [0.1, 0.15) is 31.4 Å². The minimum Gasteiger partial charge on any atom is -0.368 e. The Labute approximate surface area is 147 Å². The van der Waals surface area contributed by atoms with E-state index in [0.717, 1.165) is 5.56 Å². The number of carbonyl (C=O) groups excluding carboxylic acids is 3. The summed E-state index contributed by atoms with van der Waals surface area (Å²) < 4.78 is 0. The summed E-state index contributed by atoms with van der Waals surface area (Å²) in [6, 6.07) is 6.91. The van der Waals surface area contributed by atoms with Gasteiger partial charge in [0, 0.05) is 6.54 Å². The molecule has 0 aromatic heterocycles. The van der Waals surface area contributed by atoms with Crippen LogP contribution in [-0.4, -0.2) is 36.3 Å². The smallest absolute Gasteiger partial charge is 0.243 e. The monoisotopic (exact) mass is 346 g/mol. The number of carbonyl (C=O) groups is 3. The van der Waals surface area contributed by atoms with E-state index in [1.54, 1.807) is 0 Å². The SMILES string of the molecule is CC(C)C[C@H](NC(=O)[C@H]1Cc2ccccc2CN1)C(=O)NCC(N)=O. The van der Waals surface area contributed by atoms with Crippen LogP contribution >= 0.6 is 0 Å². The Morgan fingerprint density at radius 3 is 2.56 bits per heavy atom. The van der Waals surface area contributed by atoms with Gasteiger partial charge in [0.1, 0.15) is 6.04 Å². The Balaban J connectivity index is 1.99. The maximum absolute atomic E-state index is 12.6. The molecular formula is C18H26N4O3. The summed E-state index contributed by atoms with van der Waals surface area (Å²) in [5, 5.41) is 8.47. The third-order valence-electron chi connectivity index (χ3n) is 4.17. The van der Waals surface area contributed by atoms with E-state index in [1.807, 2.05) is 38.1 Å². The quantitative estimate of drug-likeness (QED) is 0.549. The molecule has 0 saturated carbocycles. The number of primary amides is 1. The molecule has 1 aromatic carbocycles. The molecule has 1 aliphatic rings. The zero-order valence-corrected chi connectivity index (χ0v) is 14.7. The number of hydrogen-bond acceptors (Lipinski definition) is 4. The number of fused-ring (bicyclic) bond motifs is 1. The van der Waals surface area contributed by atoms with Crippen molar-refractivity contribution in [2.24, 2.45) is 11.7 Å². The van der Waals surface area contributed by atoms with Gasteiger partial charge in [0.05, 0.1) is 12.6 Å². The third kappa shape index (κ3) is 5.56. The van der Waals surface area contributed by atoms with Crippen molar-refractivity contribution in [3.05, 3.63) is 35.4 Å². The molecule has 2 atom stereocenters. The standard InChI is InChI=1S/C18H26N4O3/c1-11(2)7-15(17(24)21-10-16(19)23)22-18(25)14-8-12-5-3-4-6-13(12)9-20-14/h3-6,11,14-15,20H,7-10H2,1-2H3,(H2,19,23)(H,21,24)(H,22,25)/t14-,15+/m1/s1. The summed E-state index contributed by atoms with van der Waals surface area (Å²) in [6.07, 6.45) is 1.07. The van der Waals surface area contributed by atoms with Crippen molar-refractivity contribution in [1.29, 1.82) is 0 Å². The second kappa shape index (κ2) is 8.62. The van der Waals surface area contributed by atoms with Gasteiger partial charge in [0.15, 0.2) is 0 Å². The Kier molecular flexibility index (Phi) is 6.52. The summed E-state index contributed by atoms with van der Waals surface area (Å²) in [4.78, 5) is 35.7. The molecule has 0 unspecified atom stereocenters. The average Bonchev–Trinajstić information content (AvgIpc) is 2.58. The zero-order chi connectivity index (χ0) is 18.4. The fraction of sp³-hybridized carbons (Fsp3) is 0.500. The molecule has 0 radical (unpaired) electrons. The summed E-state index contributed by atoms with van der Waals surface area (Å²) in [5.41, 5.74) is 7.38. The minimum atomic E-state index is -0.689. The number of amides is 3. The molecule has 0 spiro atoms. The maximum Gasteiger partial charge on any atom is 0.243 e. The minimum absolute atomic E-state index is 0.213. The number of nitrogens with two attached hydrogens (primary N) is 1. The van der Waals surface area contributed by atoms with Gasteiger partial charge in [-0.05, 0) is 29.9 Å². The zero-order valence-electron chi connectivity index (χ0n) is 14.7. The lowest BCUT2D eigenvalue weighted by molar-refractivity contribution is -0.131. The van der Waals surface area contributed by atoms with Gasteiger partial charge >= 0.3 is 0 Å². The van der Waals surface area contributed by atoms with Gasteiger partial charge in [-0.2, -0.15) is 0 Å². The van der Waals surface area contributed by atoms with E-state index in [-0.39, 0.29) is 24.4 Å². The molecule has 136 valence electrons. The molecule has 1 aliphatic heterocycles. The molecule has 7 heteroatoms. The predicted molar refractivity (Wildman–Crippen MR) is 94.4 cm³/mol.